The molecule has 0 bridgehead atoms. The molecule has 0 N–H and O–H groups in total. The standard InChI is InChI=1S/C17H16N4O2S/c1-2-23-17(22)15(10-14-12-24-20-19-14)16-18-8-9-21(16)11-13-6-4-3-5-7-13/h3-10,12H,2,11H2,1H3/b15-10+. The first-order valence-corrected chi connectivity index (χ1v) is 8.33. The number of ether oxygens (including phenoxy) is 1. The summed E-state index contributed by atoms with van der Waals surface area (Å²) in [6.45, 7) is 2.68. The Morgan fingerprint density at radius 3 is 2.88 bits per heavy atom. The maximum Gasteiger partial charge on any atom is 0.341 e. The molecule has 6 nitrogen and oxygen atoms in total. The fourth-order valence-electron chi connectivity index (χ4n) is 2.27. The van der Waals surface area contributed by atoms with E-state index < -0.39 is 5.97 Å². The van der Waals surface area contributed by atoms with Gasteiger partial charge in [-0.05, 0) is 30.1 Å². The van der Waals surface area contributed by atoms with Gasteiger partial charge in [0, 0.05) is 24.3 Å². The van der Waals surface area contributed by atoms with E-state index in [2.05, 4.69) is 14.6 Å². The lowest BCUT2D eigenvalue weighted by molar-refractivity contribution is -0.136. The van der Waals surface area contributed by atoms with E-state index in [-0.39, 0.29) is 0 Å². The van der Waals surface area contributed by atoms with E-state index in [0.717, 1.165) is 5.56 Å². The molecule has 2 aromatic heterocycles. The lowest BCUT2D eigenvalue weighted by Crippen LogP contribution is -2.12. The van der Waals surface area contributed by atoms with Crippen molar-refractivity contribution in [1.29, 1.82) is 0 Å². The van der Waals surface area contributed by atoms with E-state index in [1.54, 1.807) is 24.6 Å². The maximum absolute atomic E-state index is 12.4. The summed E-state index contributed by atoms with van der Waals surface area (Å²) >= 11 is 1.23. The second-order valence-electron chi connectivity index (χ2n) is 4.97. The summed E-state index contributed by atoms with van der Waals surface area (Å²) in [5, 5.41) is 5.74. The number of imidazole rings is 1. The van der Waals surface area contributed by atoms with Crippen molar-refractivity contribution >= 4 is 29.2 Å². The lowest BCUT2D eigenvalue weighted by Gasteiger charge is -2.10. The van der Waals surface area contributed by atoms with Gasteiger partial charge in [0.15, 0.2) is 0 Å². The van der Waals surface area contributed by atoms with E-state index in [9.17, 15) is 4.79 Å². The van der Waals surface area contributed by atoms with Crippen LogP contribution in [0.5, 0.6) is 0 Å². The Hall–Kier alpha value is -2.80. The fourth-order valence-corrected chi connectivity index (χ4v) is 2.68. The highest BCUT2D eigenvalue weighted by molar-refractivity contribution is 7.03. The number of rotatable bonds is 6. The van der Waals surface area contributed by atoms with Gasteiger partial charge in [-0.15, -0.1) is 5.10 Å². The molecular weight excluding hydrogens is 324 g/mol. The van der Waals surface area contributed by atoms with Gasteiger partial charge in [-0.3, -0.25) is 0 Å². The summed E-state index contributed by atoms with van der Waals surface area (Å²) in [6.07, 6.45) is 5.17. The van der Waals surface area contributed by atoms with E-state index in [1.807, 2.05) is 41.1 Å². The summed E-state index contributed by atoms with van der Waals surface area (Å²) in [4.78, 5) is 16.7. The van der Waals surface area contributed by atoms with Crippen LogP contribution in [0.4, 0.5) is 0 Å². The van der Waals surface area contributed by atoms with Crippen molar-refractivity contribution in [3.05, 3.63) is 65.2 Å². The Bertz CT molecular complexity index is 825. The average Bonchev–Trinajstić information content (AvgIpc) is 3.25. The number of nitrogens with zero attached hydrogens (tertiary/aromatic N) is 4. The SMILES string of the molecule is CCOC(=O)/C(=C/c1csnn1)c1nccn1Cc1ccccc1. The van der Waals surface area contributed by atoms with Crippen LogP contribution < -0.4 is 0 Å². The van der Waals surface area contributed by atoms with Crippen LogP contribution in [0.3, 0.4) is 0 Å². The van der Waals surface area contributed by atoms with E-state index in [0.29, 0.717) is 30.2 Å². The van der Waals surface area contributed by atoms with Crippen LogP contribution in [-0.4, -0.2) is 31.7 Å². The van der Waals surface area contributed by atoms with Crippen LogP contribution >= 0.6 is 11.5 Å². The van der Waals surface area contributed by atoms with E-state index >= 15 is 0 Å². The van der Waals surface area contributed by atoms with Gasteiger partial charge in [-0.2, -0.15) is 0 Å². The van der Waals surface area contributed by atoms with Gasteiger partial charge in [-0.25, -0.2) is 9.78 Å². The predicted octanol–water partition coefficient (Wildman–Crippen LogP) is 2.89. The third-order valence-corrected chi connectivity index (χ3v) is 3.84. The number of carbonyl (C=O) groups excluding carboxylic acids is 1. The molecule has 1 aromatic carbocycles. The molecule has 0 spiro atoms. The van der Waals surface area contributed by atoms with Crippen LogP contribution in [0.1, 0.15) is 24.0 Å². The zero-order valence-corrected chi connectivity index (χ0v) is 13.9. The minimum atomic E-state index is -0.425. The number of benzene rings is 1. The minimum Gasteiger partial charge on any atom is -0.462 e. The molecule has 0 amide bonds. The highest BCUT2D eigenvalue weighted by Crippen LogP contribution is 2.19. The maximum atomic E-state index is 12.4. The number of esters is 1. The van der Waals surface area contributed by atoms with Crippen LogP contribution in [0.15, 0.2) is 48.1 Å². The summed E-state index contributed by atoms with van der Waals surface area (Å²) < 4.78 is 10.9. The van der Waals surface area contributed by atoms with Crippen molar-refractivity contribution < 1.29 is 9.53 Å². The second-order valence-corrected chi connectivity index (χ2v) is 5.58. The van der Waals surface area contributed by atoms with Gasteiger partial charge in [0.2, 0.25) is 0 Å². The zero-order chi connectivity index (χ0) is 16.8. The minimum absolute atomic E-state index is 0.297. The van der Waals surface area contributed by atoms with Crippen molar-refractivity contribution in [3.63, 3.8) is 0 Å². The van der Waals surface area contributed by atoms with E-state index in [4.69, 9.17) is 4.74 Å². The van der Waals surface area contributed by atoms with Gasteiger partial charge in [0.25, 0.3) is 0 Å². The van der Waals surface area contributed by atoms with Gasteiger partial charge < -0.3 is 9.30 Å². The topological polar surface area (TPSA) is 69.9 Å². The van der Waals surface area contributed by atoms with Crippen LogP contribution in [0.2, 0.25) is 0 Å². The Kier molecular flexibility index (Phi) is 5.12. The molecule has 24 heavy (non-hydrogen) atoms. The molecule has 0 aliphatic carbocycles. The molecule has 0 saturated heterocycles. The quantitative estimate of drug-likeness (QED) is 0.510. The molecule has 3 aromatic rings. The molecule has 0 aliphatic heterocycles. The molecule has 2 heterocycles. The monoisotopic (exact) mass is 340 g/mol. The third-order valence-electron chi connectivity index (χ3n) is 3.32. The Balaban J connectivity index is 1.97. The fraction of sp³-hybridized carbons (Fsp3) is 0.176. The average molecular weight is 340 g/mol. The lowest BCUT2D eigenvalue weighted by atomic mass is 10.2. The first-order chi connectivity index (χ1) is 11.8. The molecule has 7 heteroatoms. The summed E-state index contributed by atoms with van der Waals surface area (Å²) in [5.41, 5.74) is 2.10. The highest BCUT2D eigenvalue weighted by atomic mass is 32.1. The van der Waals surface area contributed by atoms with Crippen LogP contribution in [0.25, 0.3) is 11.6 Å². The Labute approximate surface area is 143 Å². The van der Waals surface area contributed by atoms with Gasteiger partial charge in [0.05, 0.1) is 12.3 Å². The van der Waals surface area contributed by atoms with Crippen LogP contribution in [-0.2, 0) is 16.1 Å². The number of hydrogen-bond donors (Lipinski definition) is 0. The second kappa shape index (κ2) is 7.65. The number of aromatic nitrogens is 4. The molecule has 0 fully saturated rings. The Morgan fingerprint density at radius 2 is 2.17 bits per heavy atom. The van der Waals surface area contributed by atoms with Crippen molar-refractivity contribution in [2.24, 2.45) is 0 Å². The zero-order valence-electron chi connectivity index (χ0n) is 13.1. The molecule has 0 saturated carbocycles. The van der Waals surface area contributed by atoms with E-state index in [1.165, 1.54) is 11.5 Å². The van der Waals surface area contributed by atoms with Crippen molar-refractivity contribution in [2.45, 2.75) is 13.5 Å². The smallest absolute Gasteiger partial charge is 0.341 e. The van der Waals surface area contributed by atoms with Crippen molar-refractivity contribution in [3.8, 4) is 0 Å². The number of carbonyl (C=O) groups is 1. The Morgan fingerprint density at radius 1 is 1.33 bits per heavy atom. The van der Waals surface area contributed by atoms with Gasteiger partial charge in [0.1, 0.15) is 11.4 Å². The molecule has 0 unspecified atom stereocenters. The summed E-state index contributed by atoms with van der Waals surface area (Å²) in [6, 6.07) is 9.99. The van der Waals surface area contributed by atoms with Crippen molar-refractivity contribution in [1.82, 2.24) is 19.1 Å². The molecule has 0 atom stereocenters. The summed E-state index contributed by atoms with van der Waals surface area (Å²) in [5.74, 6) is 0.122. The first-order valence-electron chi connectivity index (χ1n) is 7.49. The predicted molar refractivity (Wildman–Crippen MR) is 92.2 cm³/mol. The van der Waals surface area contributed by atoms with Gasteiger partial charge in [-0.1, -0.05) is 34.8 Å². The first kappa shape index (κ1) is 16.1. The van der Waals surface area contributed by atoms with Crippen LogP contribution in [0, 0.1) is 0 Å². The molecule has 3 rings (SSSR count). The molecule has 0 aliphatic rings. The normalized spacial score (nSPS) is 11.5. The third kappa shape index (κ3) is 3.75. The summed E-state index contributed by atoms with van der Waals surface area (Å²) in [7, 11) is 0. The highest BCUT2D eigenvalue weighted by Gasteiger charge is 2.19. The molecule has 0 radical (unpaired) electrons. The van der Waals surface area contributed by atoms with Gasteiger partial charge >= 0.3 is 5.97 Å². The largest absolute Gasteiger partial charge is 0.462 e. The molecular formula is C17H16N4O2S. The molecule has 122 valence electrons. The number of hydrogen-bond acceptors (Lipinski definition) is 6. The van der Waals surface area contributed by atoms with Crippen molar-refractivity contribution in [2.75, 3.05) is 6.61 Å².